The van der Waals surface area contributed by atoms with Crippen molar-refractivity contribution in [1.82, 2.24) is 0 Å². The van der Waals surface area contributed by atoms with Crippen LogP contribution < -0.4 is 22.1 Å². The van der Waals surface area contributed by atoms with E-state index in [1.54, 1.807) is 38.4 Å². The first-order valence-electron chi connectivity index (χ1n) is 6.81. The Balaban J connectivity index is 2.43. The Morgan fingerprint density at radius 1 is 0.682 bits per heavy atom. The predicted molar refractivity (Wildman–Crippen MR) is 87.7 cm³/mol. The first kappa shape index (κ1) is 13.9. The summed E-state index contributed by atoms with van der Waals surface area (Å²) in [5.74, 6) is -0.591. The average Bonchev–Trinajstić information content (AvgIpc) is 2.53. The average molecular weight is 296 g/mol. The SMILES string of the molecule is CNc1ccc(NC)c2c1C(=O)c1c(N)ccc(N)c1C2=O. The molecule has 0 amide bonds. The molecular weight excluding hydrogens is 280 g/mol. The second kappa shape index (κ2) is 4.77. The maximum Gasteiger partial charge on any atom is 0.198 e. The van der Waals surface area contributed by atoms with Crippen LogP contribution in [0.2, 0.25) is 0 Å². The van der Waals surface area contributed by atoms with Gasteiger partial charge in [0.1, 0.15) is 0 Å². The molecule has 3 rings (SSSR count). The van der Waals surface area contributed by atoms with Gasteiger partial charge < -0.3 is 22.1 Å². The molecule has 0 aliphatic heterocycles. The summed E-state index contributed by atoms with van der Waals surface area (Å²) in [6, 6.07) is 6.60. The molecule has 6 N–H and O–H groups in total. The first-order valence-corrected chi connectivity index (χ1v) is 6.81. The number of hydrogen-bond acceptors (Lipinski definition) is 6. The zero-order chi connectivity index (χ0) is 16.0. The van der Waals surface area contributed by atoms with Crippen molar-refractivity contribution in [3.63, 3.8) is 0 Å². The van der Waals surface area contributed by atoms with Crippen molar-refractivity contribution in [3.05, 3.63) is 46.5 Å². The number of benzene rings is 2. The minimum atomic E-state index is -0.296. The minimum absolute atomic E-state index is 0.183. The number of nitrogens with two attached hydrogens (primary N) is 2. The van der Waals surface area contributed by atoms with Gasteiger partial charge in [0.25, 0.3) is 0 Å². The zero-order valence-corrected chi connectivity index (χ0v) is 12.3. The molecule has 2 aromatic rings. The summed E-state index contributed by atoms with van der Waals surface area (Å²) in [4.78, 5) is 25.8. The van der Waals surface area contributed by atoms with Crippen molar-refractivity contribution in [2.24, 2.45) is 0 Å². The van der Waals surface area contributed by atoms with Gasteiger partial charge in [0.05, 0.1) is 22.3 Å². The van der Waals surface area contributed by atoms with E-state index in [9.17, 15) is 9.59 Å². The Kier molecular flexibility index (Phi) is 3.02. The summed E-state index contributed by atoms with van der Waals surface area (Å²) in [7, 11) is 3.40. The molecule has 0 heterocycles. The summed E-state index contributed by atoms with van der Waals surface area (Å²) in [5, 5.41) is 5.90. The summed E-state index contributed by atoms with van der Waals surface area (Å²) in [5.41, 5.74) is 14.5. The fraction of sp³-hybridized carbons (Fsp3) is 0.125. The molecule has 6 nitrogen and oxygen atoms in total. The topological polar surface area (TPSA) is 110 Å². The van der Waals surface area contributed by atoms with Crippen molar-refractivity contribution >= 4 is 34.3 Å². The van der Waals surface area contributed by atoms with Gasteiger partial charge in [0, 0.05) is 36.8 Å². The normalized spacial score (nSPS) is 12.6. The minimum Gasteiger partial charge on any atom is -0.398 e. The maximum atomic E-state index is 12.9. The number of ketones is 2. The van der Waals surface area contributed by atoms with Crippen LogP contribution in [-0.2, 0) is 0 Å². The molecule has 0 bridgehead atoms. The number of nitrogen functional groups attached to an aromatic ring is 2. The fourth-order valence-corrected chi connectivity index (χ4v) is 2.87. The lowest BCUT2D eigenvalue weighted by molar-refractivity contribution is 0.0981. The Hall–Kier alpha value is -3.02. The number of anilines is 4. The van der Waals surface area contributed by atoms with Gasteiger partial charge in [-0.1, -0.05) is 0 Å². The lowest BCUT2D eigenvalue weighted by atomic mass is 9.80. The molecule has 0 unspecified atom stereocenters. The van der Waals surface area contributed by atoms with Crippen LogP contribution in [0.4, 0.5) is 22.7 Å². The van der Waals surface area contributed by atoms with Crippen LogP contribution >= 0.6 is 0 Å². The molecular formula is C16H16N4O2. The summed E-state index contributed by atoms with van der Waals surface area (Å²) >= 11 is 0. The summed E-state index contributed by atoms with van der Waals surface area (Å²) < 4.78 is 0. The second-order valence-electron chi connectivity index (χ2n) is 5.06. The monoisotopic (exact) mass is 296 g/mol. The summed E-state index contributed by atoms with van der Waals surface area (Å²) in [6.45, 7) is 0. The van der Waals surface area contributed by atoms with Gasteiger partial charge in [-0.25, -0.2) is 0 Å². The van der Waals surface area contributed by atoms with Crippen molar-refractivity contribution in [1.29, 1.82) is 0 Å². The van der Waals surface area contributed by atoms with Crippen LogP contribution in [0.1, 0.15) is 31.8 Å². The molecule has 112 valence electrons. The standard InChI is InChI=1S/C16H16N4O2/c1-19-9-5-6-10(20-2)14-13(9)15(21)11-7(17)3-4-8(18)12(11)16(14)22/h3-6,19-20H,17-18H2,1-2H3. The smallest absolute Gasteiger partial charge is 0.198 e. The highest BCUT2D eigenvalue weighted by molar-refractivity contribution is 6.34. The molecule has 0 atom stereocenters. The quantitative estimate of drug-likeness (QED) is 0.536. The van der Waals surface area contributed by atoms with E-state index < -0.39 is 0 Å². The van der Waals surface area contributed by atoms with Gasteiger partial charge >= 0.3 is 0 Å². The highest BCUT2D eigenvalue weighted by Crippen LogP contribution is 2.39. The van der Waals surface area contributed by atoms with Crippen molar-refractivity contribution < 1.29 is 9.59 Å². The lowest BCUT2D eigenvalue weighted by Crippen LogP contribution is -2.26. The first-order chi connectivity index (χ1) is 10.5. The number of rotatable bonds is 2. The van der Waals surface area contributed by atoms with Crippen molar-refractivity contribution in [2.75, 3.05) is 36.2 Å². The van der Waals surface area contributed by atoms with Crippen molar-refractivity contribution in [2.45, 2.75) is 0 Å². The molecule has 1 aliphatic rings. The third-order valence-electron chi connectivity index (χ3n) is 3.92. The molecule has 2 aromatic carbocycles. The van der Waals surface area contributed by atoms with Gasteiger partial charge in [-0.15, -0.1) is 0 Å². The number of carbonyl (C=O) groups is 2. The van der Waals surface area contributed by atoms with E-state index >= 15 is 0 Å². The van der Waals surface area contributed by atoms with Crippen LogP contribution in [-0.4, -0.2) is 25.7 Å². The zero-order valence-electron chi connectivity index (χ0n) is 12.3. The van der Waals surface area contributed by atoms with Gasteiger partial charge in [-0.3, -0.25) is 9.59 Å². The Bertz CT molecular complexity index is 759. The van der Waals surface area contributed by atoms with E-state index in [0.29, 0.717) is 22.5 Å². The molecule has 1 aliphatic carbocycles. The highest BCUT2D eigenvalue weighted by Gasteiger charge is 2.36. The molecule has 6 heteroatoms. The van der Waals surface area contributed by atoms with Crippen LogP contribution in [0.3, 0.4) is 0 Å². The molecule has 0 fully saturated rings. The molecule has 22 heavy (non-hydrogen) atoms. The molecule has 0 saturated carbocycles. The second-order valence-corrected chi connectivity index (χ2v) is 5.06. The number of carbonyl (C=O) groups excluding carboxylic acids is 2. The summed E-state index contributed by atoms with van der Waals surface area (Å²) in [6.07, 6.45) is 0. The van der Waals surface area contributed by atoms with Crippen LogP contribution in [0.25, 0.3) is 0 Å². The van der Waals surface area contributed by atoms with Crippen LogP contribution in [0.5, 0.6) is 0 Å². The Morgan fingerprint density at radius 2 is 1.05 bits per heavy atom. The van der Waals surface area contributed by atoms with E-state index in [0.717, 1.165) is 0 Å². The van der Waals surface area contributed by atoms with Gasteiger partial charge in [-0.05, 0) is 24.3 Å². The predicted octanol–water partition coefficient (Wildman–Crippen LogP) is 1.71. The number of nitrogens with one attached hydrogen (secondary N) is 2. The van der Waals surface area contributed by atoms with E-state index in [1.165, 1.54) is 0 Å². The molecule has 0 aromatic heterocycles. The number of hydrogen-bond donors (Lipinski definition) is 4. The Labute approximate surface area is 127 Å². The van der Waals surface area contributed by atoms with Crippen LogP contribution in [0, 0.1) is 0 Å². The highest BCUT2D eigenvalue weighted by atomic mass is 16.1. The van der Waals surface area contributed by atoms with Crippen LogP contribution in [0.15, 0.2) is 24.3 Å². The molecule has 0 spiro atoms. The van der Waals surface area contributed by atoms with E-state index in [2.05, 4.69) is 10.6 Å². The number of fused-ring (bicyclic) bond motifs is 2. The third kappa shape index (κ3) is 1.67. The lowest BCUT2D eigenvalue weighted by Gasteiger charge is -2.24. The van der Waals surface area contributed by atoms with Gasteiger partial charge in [-0.2, -0.15) is 0 Å². The van der Waals surface area contributed by atoms with Crippen molar-refractivity contribution in [3.8, 4) is 0 Å². The molecule has 0 saturated heterocycles. The largest absolute Gasteiger partial charge is 0.398 e. The molecule has 0 radical (unpaired) electrons. The van der Waals surface area contributed by atoms with E-state index in [1.807, 2.05) is 0 Å². The maximum absolute atomic E-state index is 12.9. The Morgan fingerprint density at radius 3 is 1.36 bits per heavy atom. The van der Waals surface area contributed by atoms with Gasteiger partial charge in [0.2, 0.25) is 0 Å². The van der Waals surface area contributed by atoms with E-state index in [-0.39, 0.29) is 34.1 Å². The van der Waals surface area contributed by atoms with Gasteiger partial charge in [0.15, 0.2) is 11.6 Å². The van der Waals surface area contributed by atoms with E-state index in [4.69, 9.17) is 11.5 Å². The third-order valence-corrected chi connectivity index (χ3v) is 3.92. The fourth-order valence-electron chi connectivity index (χ4n) is 2.87.